The summed E-state index contributed by atoms with van der Waals surface area (Å²) in [6.07, 6.45) is 5.36. The number of aromatic nitrogens is 2. The molecule has 3 amide bonds. The van der Waals surface area contributed by atoms with Crippen LogP contribution in [0.3, 0.4) is 0 Å². The van der Waals surface area contributed by atoms with Gasteiger partial charge in [-0.15, -0.1) is 0 Å². The fourth-order valence-corrected chi connectivity index (χ4v) is 4.75. The van der Waals surface area contributed by atoms with Crippen LogP contribution in [0, 0.1) is 0 Å². The highest BCUT2D eigenvalue weighted by Gasteiger charge is 2.28. The third-order valence-electron chi connectivity index (χ3n) is 6.72. The molecule has 0 radical (unpaired) electrons. The van der Waals surface area contributed by atoms with E-state index in [9.17, 15) is 14.4 Å². The Morgan fingerprint density at radius 2 is 1.76 bits per heavy atom. The molecular formula is C27H37Cl2N5O4. The average Bonchev–Trinajstić information content (AvgIpc) is 3.27. The van der Waals surface area contributed by atoms with Crippen molar-refractivity contribution < 1.29 is 19.1 Å². The molecule has 11 heteroatoms. The fourth-order valence-electron chi connectivity index (χ4n) is 4.34. The second kappa shape index (κ2) is 13.8. The molecule has 0 spiro atoms. The van der Waals surface area contributed by atoms with Crippen LogP contribution in [-0.2, 0) is 11.3 Å². The Morgan fingerprint density at radius 1 is 1.08 bits per heavy atom. The summed E-state index contributed by atoms with van der Waals surface area (Å²) in [6.45, 7) is 6.33. The smallest absolute Gasteiger partial charge is 0.275 e. The lowest BCUT2D eigenvalue weighted by atomic mass is 10.1. The molecule has 9 nitrogen and oxygen atoms in total. The number of amides is 3. The minimum atomic E-state index is -0.673. The van der Waals surface area contributed by atoms with E-state index in [0.29, 0.717) is 79.8 Å². The number of carbonyl (C=O) groups is 3. The topological polar surface area (TPSA) is 88.0 Å². The highest BCUT2D eigenvalue weighted by Crippen LogP contribution is 2.25. The first-order chi connectivity index (χ1) is 18.1. The Balaban J connectivity index is 1.80. The molecule has 0 fully saturated rings. The Labute approximate surface area is 234 Å². The van der Waals surface area contributed by atoms with Gasteiger partial charge in [-0.3, -0.25) is 19.1 Å². The molecule has 1 aliphatic heterocycles. The van der Waals surface area contributed by atoms with Gasteiger partial charge >= 0.3 is 0 Å². The number of aryl methyl sites for hydroxylation is 1. The van der Waals surface area contributed by atoms with Crippen LogP contribution in [0.5, 0.6) is 5.75 Å². The van der Waals surface area contributed by atoms with Crippen molar-refractivity contribution in [2.24, 2.45) is 0 Å². The minimum absolute atomic E-state index is 0.171. The van der Waals surface area contributed by atoms with Crippen molar-refractivity contribution in [3.63, 3.8) is 0 Å². The zero-order chi connectivity index (χ0) is 27.8. The first-order valence-corrected chi connectivity index (χ1v) is 13.9. The molecular weight excluding hydrogens is 529 g/mol. The number of halogens is 2. The largest absolute Gasteiger partial charge is 0.493 e. The molecule has 1 aromatic heterocycles. The molecule has 0 aliphatic carbocycles. The predicted octanol–water partition coefficient (Wildman–Crippen LogP) is 4.61. The molecule has 2 aromatic rings. The van der Waals surface area contributed by atoms with Gasteiger partial charge in [-0.25, -0.2) is 0 Å². The van der Waals surface area contributed by atoms with Crippen LogP contribution in [0.4, 0.5) is 0 Å². The number of carbonyl (C=O) groups excluding carboxylic acids is 3. The van der Waals surface area contributed by atoms with Gasteiger partial charge in [-0.2, -0.15) is 5.10 Å². The molecule has 0 bridgehead atoms. The van der Waals surface area contributed by atoms with Crippen molar-refractivity contribution in [1.82, 2.24) is 24.5 Å². The maximum atomic E-state index is 13.4. The number of benzene rings is 1. The van der Waals surface area contributed by atoms with Crippen molar-refractivity contribution in [3.05, 3.63) is 45.7 Å². The number of likely N-dealkylation sites (N-methyl/N-ethyl adjacent to an activating group) is 2. The maximum Gasteiger partial charge on any atom is 0.275 e. The predicted molar refractivity (Wildman–Crippen MR) is 148 cm³/mol. The first kappa shape index (κ1) is 29.8. The summed E-state index contributed by atoms with van der Waals surface area (Å²) in [5, 5.41) is 5.16. The van der Waals surface area contributed by atoms with E-state index in [2.05, 4.69) is 5.10 Å². The quantitative estimate of drug-likeness (QED) is 0.542. The van der Waals surface area contributed by atoms with Gasteiger partial charge in [0.05, 0.1) is 17.2 Å². The molecule has 3 rings (SSSR count). The van der Waals surface area contributed by atoms with E-state index in [1.54, 1.807) is 59.9 Å². The number of rotatable bonds is 3. The molecule has 0 saturated heterocycles. The van der Waals surface area contributed by atoms with E-state index >= 15 is 0 Å². The van der Waals surface area contributed by atoms with Crippen LogP contribution >= 0.6 is 23.2 Å². The summed E-state index contributed by atoms with van der Waals surface area (Å²) in [5.74, 6) is -0.299. The molecule has 0 unspecified atom stereocenters. The normalized spacial score (nSPS) is 18.7. The summed E-state index contributed by atoms with van der Waals surface area (Å²) < 4.78 is 7.66. The van der Waals surface area contributed by atoms with Crippen LogP contribution in [0.15, 0.2) is 24.4 Å². The van der Waals surface area contributed by atoms with Crippen molar-refractivity contribution in [2.45, 2.75) is 58.5 Å². The average molecular weight is 567 g/mol. The summed E-state index contributed by atoms with van der Waals surface area (Å²) in [5.41, 5.74) is 0.566. The lowest BCUT2D eigenvalue weighted by molar-refractivity contribution is -0.133. The molecule has 208 valence electrons. The second-order valence-electron chi connectivity index (χ2n) is 9.64. The Hall–Kier alpha value is -2.78. The number of fused-ring (bicyclic) bond motifs is 1. The van der Waals surface area contributed by atoms with E-state index in [-0.39, 0.29) is 23.4 Å². The van der Waals surface area contributed by atoms with Gasteiger partial charge < -0.3 is 19.4 Å². The van der Waals surface area contributed by atoms with E-state index in [1.807, 2.05) is 6.92 Å². The summed E-state index contributed by atoms with van der Waals surface area (Å²) in [6, 6.07) is 4.22. The molecule has 0 N–H and O–H groups in total. The van der Waals surface area contributed by atoms with E-state index in [0.717, 1.165) is 6.42 Å². The molecule has 0 saturated carbocycles. The summed E-state index contributed by atoms with van der Waals surface area (Å²) in [7, 11) is 3.33. The third kappa shape index (κ3) is 7.41. The lowest BCUT2D eigenvalue weighted by Gasteiger charge is -2.29. The van der Waals surface area contributed by atoms with Gasteiger partial charge in [0, 0.05) is 51.5 Å². The molecule has 2 heterocycles. The standard InChI is InChI=1S/C27H37Cl2N5O4/c1-5-12-34-18-22(29)24(30-34)27(37)33-14-7-6-13-31(3)25(35)19(2)32(4)26(36)21-17-20(28)10-11-23(21)38-16-9-8-15-33/h10-11,17-19H,5-9,12-16H2,1-4H3/t19-/m0/s1. The molecule has 1 aromatic carbocycles. The Morgan fingerprint density at radius 3 is 2.47 bits per heavy atom. The van der Waals surface area contributed by atoms with Gasteiger partial charge in [0.2, 0.25) is 5.91 Å². The highest BCUT2D eigenvalue weighted by atomic mass is 35.5. The van der Waals surface area contributed by atoms with Crippen LogP contribution in [0.25, 0.3) is 0 Å². The number of hydrogen-bond donors (Lipinski definition) is 0. The van der Waals surface area contributed by atoms with E-state index in [4.69, 9.17) is 27.9 Å². The highest BCUT2D eigenvalue weighted by molar-refractivity contribution is 6.33. The van der Waals surface area contributed by atoms with Crippen molar-refractivity contribution in [3.8, 4) is 5.75 Å². The van der Waals surface area contributed by atoms with Crippen LogP contribution in [-0.4, -0.2) is 88.6 Å². The fraction of sp³-hybridized carbons (Fsp3) is 0.556. The lowest BCUT2D eigenvalue weighted by Crippen LogP contribution is -2.47. The van der Waals surface area contributed by atoms with E-state index in [1.165, 1.54) is 4.90 Å². The number of ether oxygens (including phenoxy) is 1. The van der Waals surface area contributed by atoms with Gasteiger partial charge in [-0.1, -0.05) is 30.1 Å². The Kier molecular flexibility index (Phi) is 10.8. The van der Waals surface area contributed by atoms with Crippen LogP contribution < -0.4 is 4.74 Å². The van der Waals surface area contributed by atoms with Crippen molar-refractivity contribution in [1.29, 1.82) is 0 Å². The monoisotopic (exact) mass is 565 g/mol. The second-order valence-corrected chi connectivity index (χ2v) is 10.5. The maximum absolute atomic E-state index is 13.4. The molecule has 1 atom stereocenters. The number of nitrogens with zero attached hydrogens (tertiary/aromatic N) is 5. The van der Waals surface area contributed by atoms with Gasteiger partial charge in [0.15, 0.2) is 5.69 Å². The van der Waals surface area contributed by atoms with Crippen LogP contribution in [0.2, 0.25) is 10.0 Å². The van der Waals surface area contributed by atoms with E-state index < -0.39 is 6.04 Å². The summed E-state index contributed by atoms with van der Waals surface area (Å²) in [4.78, 5) is 44.5. The first-order valence-electron chi connectivity index (χ1n) is 13.1. The minimum Gasteiger partial charge on any atom is -0.493 e. The SMILES string of the molecule is CCCn1cc(Cl)c(C(=O)N2CCCCOc3ccc(Cl)cc3C(=O)N(C)[C@@H](C)C(=O)N(C)CCCC2)n1. The van der Waals surface area contributed by atoms with Gasteiger partial charge in [0.1, 0.15) is 11.8 Å². The van der Waals surface area contributed by atoms with Crippen molar-refractivity contribution >= 4 is 40.9 Å². The zero-order valence-corrected chi connectivity index (χ0v) is 24.1. The zero-order valence-electron chi connectivity index (χ0n) is 22.6. The van der Waals surface area contributed by atoms with Crippen molar-refractivity contribution in [2.75, 3.05) is 40.3 Å². The van der Waals surface area contributed by atoms with Gasteiger partial charge in [-0.05, 0) is 57.2 Å². The molecule has 38 heavy (non-hydrogen) atoms. The van der Waals surface area contributed by atoms with Crippen LogP contribution in [0.1, 0.15) is 66.8 Å². The third-order valence-corrected chi connectivity index (χ3v) is 7.23. The van der Waals surface area contributed by atoms with Gasteiger partial charge in [0.25, 0.3) is 11.8 Å². The molecule has 1 aliphatic rings. The Bertz CT molecular complexity index is 1140. The summed E-state index contributed by atoms with van der Waals surface area (Å²) >= 11 is 12.5. The number of hydrogen-bond acceptors (Lipinski definition) is 5.